The zero-order chi connectivity index (χ0) is 21.1. The molecule has 2 aliphatic rings. The molecule has 2 aliphatic carbocycles. The highest BCUT2D eigenvalue weighted by atomic mass is 19.3. The molecule has 2 aromatic carbocycles. The molecule has 0 N–H and O–H groups in total. The van der Waals surface area contributed by atoms with Gasteiger partial charge in [0.1, 0.15) is 5.75 Å². The second-order valence-corrected chi connectivity index (χ2v) is 9.69. The second-order valence-electron chi connectivity index (χ2n) is 9.69. The Balaban J connectivity index is 1.32. The molecular weight excluding hydrogens is 378 g/mol. The molecule has 0 bridgehead atoms. The van der Waals surface area contributed by atoms with Gasteiger partial charge in [-0.2, -0.15) is 8.78 Å². The summed E-state index contributed by atoms with van der Waals surface area (Å²) in [6.45, 7) is 4.38. The highest BCUT2D eigenvalue weighted by Gasteiger charge is 2.45. The summed E-state index contributed by atoms with van der Waals surface area (Å²) in [6, 6.07) is 15.2. The molecule has 162 valence electrons. The van der Waals surface area contributed by atoms with Gasteiger partial charge in [-0.3, -0.25) is 0 Å². The van der Waals surface area contributed by atoms with Gasteiger partial charge in [0, 0.05) is 0 Å². The van der Waals surface area contributed by atoms with Crippen LogP contribution in [0.25, 0.3) is 11.1 Å². The largest absolute Gasteiger partial charge is 0.432 e. The van der Waals surface area contributed by atoms with Crippen molar-refractivity contribution in [3.05, 3.63) is 54.1 Å². The Bertz CT molecular complexity index is 796. The molecule has 0 saturated heterocycles. The number of alkyl halides is 2. The van der Waals surface area contributed by atoms with Crippen molar-refractivity contribution >= 4 is 0 Å². The maximum Gasteiger partial charge on any atom is 0.400 e. The molecule has 0 atom stereocenters. The lowest BCUT2D eigenvalue weighted by atomic mass is 9.69. The van der Waals surface area contributed by atoms with Crippen molar-refractivity contribution in [1.82, 2.24) is 0 Å². The van der Waals surface area contributed by atoms with Crippen LogP contribution in [-0.2, 0) is 0 Å². The zero-order valence-electron chi connectivity index (χ0n) is 18.2. The summed E-state index contributed by atoms with van der Waals surface area (Å²) in [7, 11) is 0. The van der Waals surface area contributed by atoms with Crippen LogP contribution >= 0.6 is 0 Å². The standard InChI is InChI=1S/C27H34F2O/c1-19-3-7-21(8-4-19)23-11-15-25(16-12-23)27(28,29)30-26-17-13-24(14-18-26)22-9-5-20(2)6-10-22/h5-6,9-10,13-14,17-19,21,23,25H,3-4,7-8,11-12,15-16H2,1-2H3. The van der Waals surface area contributed by atoms with Gasteiger partial charge in [0.2, 0.25) is 0 Å². The van der Waals surface area contributed by atoms with Crippen LogP contribution in [0.5, 0.6) is 5.75 Å². The average molecular weight is 413 g/mol. The van der Waals surface area contributed by atoms with Gasteiger partial charge in [0.25, 0.3) is 0 Å². The summed E-state index contributed by atoms with van der Waals surface area (Å²) in [5.41, 5.74) is 3.29. The molecule has 0 unspecified atom stereocenters. The van der Waals surface area contributed by atoms with Crippen molar-refractivity contribution in [2.24, 2.45) is 23.7 Å². The van der Waals surface area contributed by atoms with Gasteiger partial charge >= 0.3 is 6.11 Å². The van der Waals surface area contributed by atoms with E-state index in [2.05, 4.69) is 19.1 Å². The Labute approximate surface area is 179 Å². The monoisotopic (exact) mass is 412 g/mol. The molecule has 0 heterocycles. The van der Waals surface area contributed by atoms with Crippen molar-refractivity contribution in [3.8, 4) is 16.9 Å². The van der Waals surface area contributed by atoms with E-state index >= 15 is 0 Å². The number of ether oxygens (including phenoxy) is 1. The van der Waals surface area contributed by atoms with E-state index in [9.17, 15) is 8.78 Å². The second kappa shape index (κ2) is 9.08. The lowest BCUT2D eigenvalue weighted by Crippen LogP contribution is -2.38. The van der Waals surface area contributed by atoms with E-state index in [-0.39, 0.29) is 5.75 Å². The summed E-state index contributed by atoms with van der Waals surface area (Å²) in [5, 5.41) is 0. The Morgan fingerprint density at radius 1 is 0.700 bits per heavy atom. The predicted octanol–water partition coefficient (Wildman–Crippen LogP) is 8.27. The van der Waals surface area contributed by atoms with Gasteiger partial charge in [0.05, 0.1) is 5.92 Å². The summed E-state index contributed by atoms with van der Waals surface area (Å²) < 4.78 is 34.9. The third-order valence-corrected chi connectivity index (χ3v) is 7.47. The van der Waals surface area contributed by atoms with Crippen molar-refractivity contribution in [1.29, 1.82) is 0 Å². The van der Waals surface area contributed by atoms with E-state index in [1.807, 2.05) is 31.2 Å². The van der Waals surface area contributed by atoms with Crippen LogP contribution in [0.2, 0.25) is 0 Å². The van der Waals surface area contributed by atoms with E-state index < -0.39 is 12.0 Å². The molecule has 2 aromatic rings. The maximum absolute atomic E-state index is 14.9. The molecule has 4 rings (SSSR count). The number of hydrogen-bond donors (Lipinski definition) is 0. The Hall–Kier alpha value is -1.90. The predicted molar refractivity (Wildman–Crippen MR) is 119 cm³/mol. The molecule has 1 nitrogen and oxygen atoms in total. The van der Waals surface area contributed by atoms with E-state index in [1.54, 1.807) is 12.1 Å². The van der Waals surface area contributed by atoms with Crippen molar-refractivity contribution in [2.45, 2.75) is 71.3 Å². The fourth-order valence-electron chi connectivity index (χ4n) is 5.39. The van der Waals surface area contributed by atoms with Crippen molar-refractivity contribution in [3.63, 3.8) is 0 Å². The van der Waals surface area contributed by atoms with Gasteiger partial charge in [-0.1, -0.05) is 61.7 Å². The first kappa shape index (κ1) is 21.3. The molecule has 0 amide bonds. The van der Waals surface area contributed by atoms with Crippen LogP contribution in [0.4, 0.5) is 8.78 Å². The van der Waals surface area contributed by atoms with Gasteiger partial charge in [-0.15, -0.1) is 0 Å². The quantitative estimate of drug-likeness (QED) is 0.480. The summed E-state index contributed by atoms with van der Waals surface area (Å²) in [5.74, 6) is 1.81. The SMILES string of the molecule is Cc1ccc(-c2ccc(OC(F)(F)C3CCC(C4CCC(C)CC4)CC3)cc2)cc1. The average Bonchev–Trinajstić information content (AvgIpc) is 2.75. The number of halogens is 2. The molecule has 0 aliphatic heterocycles. The number of rotatable bonds is 5. The molecule has 2 saturated carbocycles. The Morgan fingerprint density at radius 2 is 1.17 bits per heavy atom. The number of benzene rings is 2. The van der Waals surface area contributed by atoms with Gasteiger partial charge < -0.3 is 4.74 Å². The van der Waals surface area contributed by atoms with Crippen molar-refractivity contribution in [2.75, 3.05) is 0 Å². The molecule has 0 radical (unpaired) electrons. The number of aryl methyl sites for hydroxylation is 1. The lowest BCUT2D eigenvalue weighted by Gasteiger charge is -2.38. The third kappa shape index (κ3) is 5.04. The molecule has 0 spiro atoms. The van der Waals surface area contributed by atoms with Gasteiger partial charge in [-0.25, -0.2) is 0 Å². The third-order valence-electron chi connectivity index (χ3n) is 7.47. The normalized spacial score (nSPS) is 27.6. The van der Waals surface area contributed by atoms with Crippen LogP contribution in [0.1, 0.15) is 63.9 Å². The van der Waals surface area contributed by atoms with Crippen LogP contribution in [0.3, 0.4) is 0 Å². The molecule has 0 aromatic heterocycles. The minimum Gasteiger partial charge on any atom is -0.432 e. The van der Waals surface area contributed by atoms with Gasteiger partial charge in [0.15, 0.2) is 0 Å². The Morgan fingerprint density at radius 3 is 1.70 bits per heavy atom. The van der Waals surface area contributed by atoms with E-state index in [0.717, 1.165) is 35.8 Å². The van der Waals surface area contributed by atoms with Crippen LogP contribution in [0.15, 0.2) is 48.5 Å². The zero-order valence-corrected chi connectivity index (χ0v) is 18.2. The van der Waals surface area contributed by atoms with E-state index in [1.165, 1.54) is 31.2 Å². The number of hydrogen-bond acceptors (Lipinski definition) is 1. The maximum atomic E-state index is 14.9. The first-order valence-electron chi connectivity index (χ1n) is 11.6. The molecule has 2 fully saturated rings. The summed E-state index contributed by atoms with van der Waals surface area (Å²) in [6.07, 6.45) is 5.09. The van der Waals surface area contributed by atoms with Gasteiger partial charge in [-0.05, 0) is 86.5 Å². The van der Waals surface area contributed by atoms with Crippen molar-refractivity contribution < 1.29 is 13.5 Å². The minimum atomic E-state index is -3.10. The molecule has 30 heavy (non-hydrogen) atoms. The first-order chi connectivity index (χ1) is 14.4. The van der Waals surface area contributed by atoms with Crippen LogP contribution in [0, 0.1) is 30.6 Å². The smallest absolute Gasteiger partial charge is 0.400 e. The highest BCUT2D eigenvalue weighted by molar-refractivity contribution is 5.64. The Kier molecular flexibility index (Phi) is 6.46. The minimum absolute atomic E-state index is 0.249. The molecule has 3 heteroatoms. The lowest BCUT2D eigenvalue weighted by molar-refractivity contribution is -0.224. The summed E-state index contributed by atoms with van der Waals surface area (Å²) in [4.78, 5) is 0. The van der Waals surface area contributed by atoms with E-state index in [4.69, 9.17) is 4.74 Å². The highest BCUT2D eigenvalue weighted by Crippen LogP contribution is 2.45. The van der Waals surface area contributed by atoms with Crippen LogP contribution in [-0.4, -0.2) is 6.11 Å². The fraction of sp³-hybridized carbons (Fsp3) is 0.556. The first-order valence-corrected chi connectivity index (χ1v) is 11.6. The van der Waals surface area contributed by atoms with E-state index in [0.29, 0.717) is 18.8 Å². The van der Waals surface area contributed by atoms with Crippen LogP contribution < -0.4 is 4.74 Å². The summed E-state index contributed by atoms with van der Waals surface area (Å²) >= 11 is 0. The fourth-order valence-corrected chi connectivity index (χ4v) is 5.39. The topological polar surface area (TPSA) is 9.23 Å². The molecular formula is C27H34F2O.